The Balaban J connectivity index is 3.32. The smallest absolute Gasteiger partial charge is 0.347 e. The van der Waals surface area contributed by atoms with Crippen molar-refractivity contribution in [1.29, 1.82) is 0 Å². The molecule has 0 heterocycles. The number of methoxy groups -OCH3 is 1. The van der Waals surface area contributed by atoms with Gasteiger partial charge in [-0.3, -0.25) is 4.79 Å². The molecule has 0 aromatic heterocycles. The number of hydrogen-bond donors (Lipinski definition) is 0. The molecule has 0 amide bonds. The molecule has 0 aliphatic heterocycles. The fourth-order valence-corrected chi connectivity index (χ4v) is 3.61. The molecule has 0 unspecified atom stereocenters. The zero-order valence-corrected chi connectivity index (χ0v) is 18.9. The number of carbonyl (C=O) groups is 2. The lowest BCUT2D eigenvalue weighted by Crippen LogP contribution is -2.27. The van der Waals surface area contributed by atoms with Crippen LogP contribution in [0.2, 0.25) is 0 Å². The van der Waals surface area contributed by atoms with Crippen LogP contribution in [0.5, 0.6) is 0 Å². The maximum Gasteiger partial charge on any atom is 0.347 e. The molecule has 0 aromatic rings. The van der Waals surface area contributed by atoms with Crippen LogP contribution in [0.3, 0.4) is 0 Å². The molecular weight excluding hydrogens is 352 g/mol. The maximum absolute atomic E-state index is 11.6. The molecule has 0 radical (unpaired) electrons. The average Bonchev–Trinajstić information content (AvgIpc) is 2.68. The van der Waals surface area contributed by atoms with Crippen molar-refractivity contribution >= 4 is 11.9 Å². The first-order valence-corrected chi connectivity index (χ1v) is 11.9. The summed E-state index contributed by atoms with van der Waals surface area (Å²) in [5, 5.41) is 0. The fourth-order valence-electron chi connectivity index (χ4n) is 3.61. The SMILES string of the molecule is CCCCCCCCCCCCCCCCCCC[C@@H](OC(C)=O)C(=O)OC. The Bertz CT molecular complexity index is 368. The van der Waals surface area contributed by atoms with Crippen molar-refractivity contribution in [2.24, 2.45) is 0 Å². The van der Waals surface area contributed by atoms with E-state index in [1.54, 1.807) is 0 Å². The van der Waals surface area contributed by atoms with Crippen molar-refractivity contribution in [2.75, 3.05) is 7.11 Å². The van der Waals surface area contributed by atoms with Crippen LogP contribution in [-0.2, 0) is 19.1 Å². The zero-order valence-electron chi connectivity index (χ0n) is 18.9. The second-order valence-electron chi connectivity index (χ2n) is 8.07. The molecule has 4 nitrogen and oxygen atoms in total. The summed E-state index contributed by atoms with van der Waals surface area (Å²) in [4.78, 5) is 22.6. The summed E-state index contributed by atoms with van der Waals surface area (Å²) in [6.45, 7) is 3.60. The van der Waals surface area contributed by atoms with Crippen LogP contribution in [0, 0.1) is 0 Å². The topological polar surface area (TPSA) is 52.6 Å². The summed E-state index contributed by atoms with van der Waals surface area (Å²) >= 11 is 0. The Labute approximate surface area is 174 Å². The second-order valence-corrected chi connectivity index (χ2v) is 8.07. The average molecular weight is 399 g/mol. The van der Waals surface area contributed by atoms with Gasteiger partial charge in [0, 0.05) is 6.92 Å². The van der Waals surface area contributed by atoms with Crippen LogP contribution in [0.15, 0.2) is 0 Å². The molecule has 0 N–H and O–H groups in total. The van der Waals surface area contributed by atoms with Crippen LogP contribution in [0.25, 0.3) is 0 Å². The van der Waals surface area contributed by atoms with E-state index >= 15 is 0 Å². The lowest BCUT2D eigenvalue weighted by Gasteiger charge is -2.14. The number of esters is 2. The molecule has 0 aliphatic rings. The van der Waals surface area contributed by atoms with Gasteiger partial charge in [0.1, 0.15) is 0 Å². The van der Waals surface area contributed by atoms with Crippen LogP contribution in [0.1, 0.15) is 129 Å². The number of carbonyl (C=O) groups excluding carboxylic acids is 2. The van der Waals surface area contributed by atoms with Crippen LogP contribution < -0.4 is 0 Å². The van der Waals surface area contributed by atoms with Gasteiger partial charge in [-0.05, 0) is 12.8 Å². The normalized spacial score (nSPS) is 12.0. The number of unbranched alkanes of at least 4 members (excludes halogenated alkanes) is 16. The second kappa shape index (κ2) is 20.7. The van der Waals surface area contributed by atoms with E-state index in [-0.39, 0.29) is 0 Å². The van der Waals surface area contributed by atoms with Gasteiger partial charge >= 0.3 is 11.9 Å². The summed E-state index contributed by atoms with van der Waals surface area (Å²) < 4.78 is 9.70. The Morgan fingerprint density at radius 1 is 0.643 bits per heavy atom. The Morgan fingerprint density at radius 2 is 1.00 bits per heavy atom. The minimum atomic E-state index is -0.737. The fraction of sp³-hybridized carbons (Fsp3) is 0.917. The van der Waals surface area contributed by atoms with E-state index < -0.39 is 18.0 Å². The molecule has 1 atom stereocenters. The van der Waals surface area contributed by atoms with Gasteiger partial charge in [0.05, 0.1) is 7.11 Å². The van der Waals surface area contributed by atoms with Gasteiger partial charge < -0.3 is 9.47 Å². The van der Waals surface area contributed by atoms with E-state index in [1.165, 1.54) is 110 Å². The molecule has 0 aromatic carbocycles. The molecule has 0 aliphatic carbocycles. The molecule has 166 valence electrons. The monoisotopic (exact) mass is 398 g/mol. The highest BCUT2D eigenvalue weighted by Crippen LogP contribution is 2.15. The van der Waals surface area contributed by atoms with E-state index in [9.17, 15) is 9.59 Å². The molecule has 0 bridgehead atoms. The van der Waals surface area contributed by atoms with E-state index in [2.05, 4.69) is 11.7 Å². The van der Waals surface area contributed by atoms with Gasteiger partial charge in [0.25, 0.3) is 0 Å². The summed E-state index contributed by atoms with van der Waals surface area (Å²) in [5.74, 6) is -0.880. The summed E-state index contributed by atoms with van der Waals surface area (Å²) in [5.41, 5.74) is 0. The molecular formula is C24H46O4. The van der Waals surface area contributed by atoms with Crippen molar-refractivity contribution < 1.29 is 19.1 Å². The largest absolute Gasteiger partial charge is 0.466 e. The molecule has 0 rings (SSSR count). The zero-order chi connectivity index (χ0) is 20.9. The third-order valence-electron chi connectivity index (χ3n) is 5.34. The molecule has 0 saturated carbocycles. The van der Waals surface area contributed by atoms with Gasteiger partial charge in [-0.2, -0.15) is 0 Å². The highest BCUT2D eigenvalue weighted by atomic mass is 16.6. The van der Waals surface area contributed by atoms with Crippen molar-refractivity contribution in [1.82, 2.24) is 0 Å². The van der Waals surface area contributed by atoms with Crippen LogP contribution in [-0.4, -0.2) is 25.2 Å². The number of hydrogen-bond acceptors (Lipinski definition) is 4. The lowest BCUT2D eigenvalue weighted by molar-refractivity contribution is -0.165. The number of rotatable bonds is 20. The lowest BCUT2D eigenvalue weighted by atomic mass is 10.0. The van der Waals surface area contributed by atoms with Gasteiger partial charge in [0.15, 0.2) is 6.10 Å². The maximum atomic E-state index is 11.6. The first kappa shape index (κ1) is 26.9. The summed E-state index contributed by atoms with van der Waals surface area (Å²) in [7, 11) is 1.33. The van der Waals surface area contributed by atoms with Gasteiger partial charge in [-0.25, -0.2) is 4.79 Å². The predicted molar refractivity (Wildman–Crippen MR) is 116 cm³/mol. The molecule has 0 saturated heterocycles. The van der Waals surface area contributed by atoms with Gasteiger partial charge in [0.2, 0.25) is 0 Å². The Kier molecular flexibility index (Phi) is 19.9. The van der Waals surface area contributed by atoms with Crippen LogP contribution >= 0.6 is 0 Å². The molecule has 4 heteroatoms. The van der Waals surface area contributed by atoms with Gasteiger partial charge in [-0.15, -0.1) is 0 Å². The third-order valence-corrected chi connectivity index (χ3v) is 5.34. The minimum absolute atomic E-state index is 0.428. The van der Waals surface area contributed by atoms with Crippen molar-refractivity contribution in [3.05, 3.63) is 0 Å². The number of ether oxygens (including phenoxy) is 2. The Morgan fingerprint density at radius 3 is 1.32 bits per heavy atom. The highest BCUT2D eigenvalue weighted by Gasteiger charge is 2.21. The van der Waals surface area contributed by atoms with Crippen molar-refractivity contribution in [3.63, 3.8) is 0 Å². The Hall–Kier alpha value is -1.06. The minimum Gasteiger partial charge on any atom is -0.466 e. The van der Waals surface area contributed by atoms with Crippen molar-refractivity contribution in [2.45, 2.75) is 136 Å². The van der Waals surface area contributed by atoms with E-state index in [4.69, 9.17) is 4.74 Å². The summed E-state index contributed by atoms with van der Waals surface area (Å²) in [6.07, 6.45) is 22.3. The van der Waals surface area contributed by atoms with Gasteiger partial charge in [-0.1, -0.05) is 110 Å². The predicted octanol–water partition coefficient (Wildman–Crippen LogP) is 7.13. The molecule has 28 heavy (non-hydrogen) atoms. The quantitative estimate of drug-likeness (QED) is 0.162. The molecule has 0 spiro atoms. The third kappa shape index (κ3) is 18.3. The first-order valence-electron chi connectivity index (χ1n) is 11.9. The first-order chi connectivity index (χ1) is 13.6. The van der Waals surface area contributed by atoms with Crippen LogP contribution in [0.4, 0.5) is 0 Å². The molecule has 0 fully saturated rings. The van der Waals surface area contributed by atoms with E-state index in [0.29, 0.717) is 6.42 Å². The van der Waals surface area contributed by atoms with E-state index in [0.717, 1.165) is 12.8 Å². The highest BCUT2D eigenvalue weighted by molar-refractivity contribution is 5.78. The van der Waals surface area contributed by atoms with E-state index in [1.807, 2.05) is 0 Å². The van der Waals surface area contributed by atoms with Crippen molar-refractivity contribution in [3.8, 4) is 0 Å². The summed E-state index contributed by atoms with van der Waals surface area (Å²) in [6, 6.07) is 0. The standard InChI is InChI=1S/C24H46O4/c1-4-5-6-7-8-9-10-11-12-13-14-15-16-17-18-19-20-21-23(24(26)27-3)28-22(2)25/h23H,4-21H2,1-3H3/t23-/m1/s1.